The fourth-order valence-electron chi connectivity index (χ4n) is 1.37. The highest BCUT2D eigenvalue weighted by Crippen LogP contribution is 2.35. The van der Waals surface area contributed by atoms with Gasteiger partial charge in [-0.05, 0) is 28.6 Å². The van der Waals surface area contributed by atoms with E-state index in [1.807, 2.05) is 6.92 Å². The molecule has 0 bridgehead atoms. The second kappa shape index (κ2) is 6.23. The first-order valence-electron chi connectivity index (χ1n) is 5.77. The van der Waals surface area contributed by atoms with Gasteiger partial charge in [0.05, 0.1) is 4.92 Å². The maximum Gasteiger partial charge on any atom is 0.343 e. The molecule has 0 aliphatic carbocycles. The zero-order chi connectivity index (χ0) is 14.5. The van der Waals surface area contributed by atoms with Gasteiger partial charge in [-0.3, -0.25) is 10.1 Å². The highest BCUT2D eigenvalue weighted by atomic mass is 32.2. The van der Waals surface area contributed by atoms with Crippen LogP contribution in [0.4, 0.5) is 11.5 Å². The third kappa shape index (κ3) is 2.99. The molecule has 2 aromatic heterocycles. The Kier molecular flexibility index (Phi) is 4.40. The van der Waals surface area contributed by atoms with Crippen molar-refractivity contribution < 1.29 is 4.92 Å². The third-order valence-electron chi connectivity index (χ3n) is 2.28. The molecule has 0 aliphatic heterocycles. The van der Waals surface area contributed by atoms with Gasteiger partial charge in [-0.15, -0.1) is 5.10 Å². The van der Waals surface area contributed by atoms with Gasteiger partial charge >= 0.3 is 5.69 Å². The number of hydrogen-bond acceptors (Lipinski definition) is 9. The molecule has 0 saturated heterocycles. The van der Waals surface area contributed by atoms with Crippen LogP contribution in [0, 0.1) is 10.1 Å². The monoisotopic (exact) mass is 296 g/mol. The van der Waals surface area contributed by atoms with Crippen LogP contribution < -0.4 is 5.32 Å². The minimum absolute atomic E-state index is 0.172. The lowest BCUT2D eigenvalue weighted by atomic mass is 10.4. The molecule has 11 heteroatoms. The van der Waals surface area contributed by atoms with Crippen molar-refractivity contribution in [3.8, 4) is 0 Å². The molecule has 0 fully saturated rings. The fraction of sp³-hybridized carbons (Fsp3) is 0.444. The van der Waals surface area contributed by atoms with Crippen LogP contribution in [0.25, 0.3) is 0 Å². The van der Waals surface area contributed by atoms with E-state index < -0.39 is 4.92 Å². The van der Waals surface area contributed by atoms with Gasteiger partial charge in [0.1, 0.15) is 6.33 Å². The van der Waals surface area contributed by atoms with E-state index in [1.165, 1.54) is 11.0 Å². The molecule has 106 valence electrons. The van der Waals surface area contributed by atoms with Gasteiger partial charge in [-0.25, -0.2) is 14.6 Å². The SMILES string of the molecule is CCCNc1ncnc(Sc2nnnn2C)c1[N+](=O)[O-]. The van der Waals surface area contributed by atoms with Gasteiger partial charge in [0.15, 0.2) is 5.03 Å². The Bertz CT molecular complexity index is 616. The van der Waals surface area contributed by atoms with E-state index >= 15 is 0 Å². The predicted molar refractivity (Wildman–Crippen MR) is 70.4 cm³/mol. The summed E-state index contributed by atoms with van der Waals surface area (Å²) in [4.78, 5) is 18.6. The lowest BCUT2D eigenvalue weighted by Crippen LogP contribution is -2.07. The van der Waals surface area contributed by atoms with Crippen LogP contribution in [0.15, 0.2) is 16.5 Å². The smallest absolute Gasteiger partial charge is 0.343 e. The molecule has 0 unspecified atom stereocenters. The number of tetrazole rings is 1. The lowest BCUT2D eigenvalue weighted by Gasteiger charge is -2.06. The van der Waals surface area contributed by atoms with Crippen molar-refractivity contribution in [2.75, 3.05) is 11.9 Å². The summed E-state index contributed by atoms with van der Waals surface area (Å²) in [5.41, 5.74) is -0.172. The molecular formula is C9H12N8O2S. The summed E-state index contributed by atoms with van der Waals surface area (Å²) in [5.74, 6) is 0.199. The third-order valence-corrected chi connectivity index (χ3v) is 3.30. The summed E-state index contributed by atoms with van der Waals surface area (Å²) >= 11 is 1.02. The number of nitrogens with zero attached hydrogens (tertiary/aromatic N) is 7. The molecule has 0 spiro atoms. The number of aryl methyl sites for hydroxylation is 1. The van der Waals surface area contributed by atoms with Gasteiger partial charge in [-0.2, -0.15) is 0 Å². The zero-order valence-electron chi connectivity index (χ0n) is 10.8. The number of nitrogens with one attached hydrogen (secondary N) is 1. The number of nitro groups is 1. The van der Waals surface area contributed by atoms with Crippen LogP contribution >= 0.6 is 11.8 Å². The molecule has 1 N–H and O–H groups in total. The summed E-state index contributed by atoms with van der Waals surface area (Å²) in [5, 5.41) is 25.7. The first-order chi connectivity index (χ1) is 9.63. The number of anilines is 1. The van der Waals surface area contributed by atoms with Crippen LogP contribution in [0.2, 0.25) is 0 Å². The lowest BCUT2D eigenvalue weighted by molar-refractivity contribution is -0.387. The van der Waals surface area contributed by atoms with Crippen molar-refractivity contribution in [2.24, 2.45) is 7.05 Å². The van der Waals surface area contributed by atoms with Crippen LogP contribution in [-0.4, -0.2) is 41.6 Å². The topological polar surface area (TPSA) is 125 Å². The van der Waals surface area contributed by atoms with Crippen molar-refractivity contribution in [1.82, 2.24) is 30.2 Å². The average Bonchev–Trinajstić information content (AvgIpc) is 2.81. The molecule has 0 saturated carbocycles. The molecule has 10 nitrogen and oxygen atoms in total. The second-order valence-electron chi connectivity index (χ2n) is 3.75. The molecule has 0 aromatic carbocycles. The first-order valence-corrected chi connectivity index (χ1v) is 6.58. The van der Waals surface area contributed by atoms with Crippen LogP contribution in [-0.2, 0) is 7.05 Å². The number of rotatable bonds is 6. The minimum Gasteiger partial charge on any atom is -0.364 e. The molecule has 0 atom stereocenters. The molecule has 2 aromatic rings. The van der Waals surface area contributed by atoms with E-state index in [2.05, 4.69) is 30.8 Å². The summed E-state index contributed by atoms with van der Waals surface area (Å²) < 4.78 is 1.41. The molecule has 2 heterocycles. The minimum atomic E-state index is -0.510. The highest BCUT2D eigenvalue weighted by molar-refractivity contribution is 7.99. The van der Waals surface area contributed by atoms with E-state index in [1.54, 1.807) is 7.05 Å². The second-order valence-corrected chi connectivity index (χ2v) is 4.70. The zero-order valence-corrected chi connectivity index (χ0v) is 11.7. The van der Waals surface area contributed by atoms with Gasteiger partial charge in [0, 0.05) is 13.6 Å². The Labute approximate surface area is 118 Å². The van der Waals surface area contributed by atoms with Crippen molar-refractivity contribution in [3.05, 3.63) is 16.4 Å². The standard InChI is InChI=1S/C9H12N8O2S/c1-3-4-10-7-6(17(18)19)8(12-5-11-7)20-9-13-14-15-16(9)2/h5H,3-4H2,1-2H3,(H,10,11,12). The number of hydrogen-bond donors (Lipinski definition) is 1. The summed E-state index contributed by atoms with van der Waals surface area (Å²) in [6.07, 6.45) is 2.11. The molecule has 0 aliphatic rings. The number of aromatic nitrogens is 6. The van der Waals surface area contributed by atoms with Gasteiger partial charge in [0.2, 0.25) is 11.0 Å². The van der Waals surface area contributed by atoms with E-state index in [-0.39, 0.29) is 16.5 Å². The van der Waals surface area contributed by atoms with Crippen LogP contribution in [0.5, 0.6) is 0 Å². The largest absolute Gasteiger partial charge is 0.364 e. The van der Waals surface area contributed by atoms with E-state index in [0.717, 1.165) is 18.2 Å². The average molecular weight is 296 g/mol. The van der Waals surface area contributed by atoms with Crippen LogP contribution in [0.1, 0.15) is 13.3 Å². The quantitative estimate of drug-likeness (QED) is 0.469. The molecular weight excluding hydrogens is 284 g/mol. The summed E-state index contributed by atoms with van der Waals surface area (Å²) in [6.45, 7) is 2.55. The van der Waals surface area contributed by atoms with Crippen molar-refractivity contribution in [1.29, 1.82) is 0 Å². The van der Waals surface area contributed by atoms with E-state index in [4.69, 9.17) is 0 Å². The van der Waals surface area contributed by atoms with Gasteiger partial charge in [-0.1, -0.05) is 6.92 Å². The summed E-state index contributed by atoms with van der Waals surface area (Å²) in [7, 11) is 1.64. The maximum atomic E-state index is 11.2. The molecule has 20 heavy (non-hydrogen) atoms. The van der Waals surface area contributed by atoms with Gasteiger partial charge in [0.25, 0.3) is 0 Å². The van der Waals surface area contributed by atoms with E-state index in [0.29, 0.717) is 11.7 Å². The van der Waals surface area contributed by atoms with Crippen molar-refractivity contribution in [3.63, 3.8) is 0 Å². The predicted octanol–water partition coefficient (Wildman–Crippen LogP) is 0.881. The molecule has 2 rings (SSSR count). The normalized spacial score (nSPS) is 10.5. The van der Waals surface area contributed by atoms with Crippen molar-refractivity contribution in [2.45, 2.75) is 23.5 Å². The fourth-order valence-corrected chi connectivity index (χ4v) is 2.16. The Hall–Kier alpha value is -2.30. The van der Waals surface area contributed by atoms with E-state index in [9.17, 15) is 10.1 Å². The highest BCUT2D eigenvalue weighted by Gasteiger charge is 2.24. The Morgan fingerprint density at radius 2 is 2.30 bits per heavy atom. The Morgan fingerprint density at radius 3 is 2.90 bits per heavy atom. The molecule has 0 radical (unpaired) electrons. The molecule has 0 amide bonds. The van der Waals surface area contributed by atoms with Crippen molar-refractivity contribution >= 4 is 23.3 Å². The van der Waals surface area contributed by atoms with Crippen LogP contribution in [0.3, 0.4) is 0 Å². The van der Waals surface area contributed by atoms with Gasteiger partial charge < -0.3 is 5.32 Å². The summed E-state index contributed by atoms with van der Waals surface area (Å²) in [6, 6.07) is 0. The maximum absolute atomic E-state index is 11.2. The Morgan fingerprint density at radius 1 is 1.50 bits per heavy atom. The Balaban J connectivity index is 2.36. The first kappa shape index (κ1) is 14.1.